The van der Waals surface area contributed by atoms with Gasteiger partial charge in [0.25, 0.3) is 0 Å². The van der Waals surface area contributed by atoms with Crippen LogP contribution in [0.5, 0.6) is 5.75 Å². The zero-order valence-electron chi connectivity index (χ0n) is 14.1. The van der Waals surface area contributed by atoms with E-state index in [-0.39, 0.29) is 42.6 Å². The summed E-state index contributed by atoms with van der Waals surface area (Å²) in [7, 11) is 1.55. The van der Waals surface area contributed by atoms with Gasteiger partial charge in [-0.3, -0.25) is 9.59 Å². The molecule has 0 radical (unpaired) electrons. The molecule has 2 aliphatic rings. The minimum Gasteiger partial charge on any atom is -0.495 e. The van der Waals surface area contributed by atoms with Gasteiger partial charge in [0.1, 0.15) is 5.75 Å². The zero-order valence-corrected chi connectivity index (χ0v) is 15.7. The van der Waals surface area contributed by atoms with Gasteiger partial charge in [-0.2, -0.15) is 0 Å². The van der Waals surface area contributed by atoms with Gasteiger partial charge in [-0.05, 0) is 31.0 Å². The van der Waals surface area contributed by atoms with Gasteiger partial charge >= 0.3 is 0 Å². The molecule has 1 atom stereocenters. The second kappa shape index (κ2) is 8.25. The number of hydrogen-bond acceptors (Lipinski definition) is 4. The fourth-order valence-corrected chi connectivity index (χ4v) is 3.52. The average molecular weight is 388 g/mol. The van der Waals surface area contributed by atoms with Gasteiger partial charge in [0.2, 0.25) is 11.8 Å². The molecule has 8 heteroatoms. The van der Waals surface area contributed by atoms with Crippen LogP contribution in [-0.2, 0) is 9.59 Å². The van der Waals surface area contributed by atoms with Crippen LogP contribution in [0.15, 0.2) is 18.2 Å². The molecular weight excluding hydrogens is 365 g/mol. The van der Waals surface area contributed by atoms with Crippen molar-refractivity contribution in [2.45, 2.75) is 25.3 Å². The molecule has 2 aliphatic heterocycles. The summed E-state index contributed by atoms with van der Waals surface area (Å²) >= 11 is 6.05. The molecule has 3 rings (SSSR count). The SMILES string of the molecule is COc1ccc(Cl)cc1N1CC(C(=O)N2CCC(N)CC2)CC1=O.Cl. The summed E-state index contributed by atoms with van der Waals surface area (Å²) in [6, 6.07) is 5.31. The highest BCUT2D eigenvalue weighted by Gasteiger charge is 2.38. The largest absolute Gasteiger partial charge is 0.495 e. The van der Waals surface area contributed by atoms with E-state index in [0.29, 0.717) is 36.1 Å². The Bertz CT molecular complexity index is 648. The third-order valence-corrected chi connectivity index (χ3v) is 4.99. The molecule has 2 fully saturated rings. The van der Waals surface area contributed by atoms with E-state index >= 15 is 0 Å². The Hall–Kier alpha value is -1.50. The number of benzene rings is 1. The fourth-order valence-electron chi connectivity index (χ4n) is 3.36. The minimum atomic E-state index is -0.324. The number of rotatable bonds is 3. The average Bonchev–Trinajstić information content (AvgIpc) is 2.96. The predicted molar refractivity (Wildman–Crippen MR) is 99.5 cm³/mol. The lowest BCUT2D eigenvalue weighted by Crippen LogP contribution is -2.45. The monoisotopic (exact) mass is 387 g/mol. The molecule has 1 aromatic rings. The molecule has 1 unspecified atom stereocenters. The Morgan fingerprint density at radius 3 is 2.64 bits per heavy atom. The van der Waals surface area contributed by atoms with E-state index in [9.17, 15) is 9.59 Å². The van der Waals surface area contributed by atoms with E-state index in [4.69, 9.17) is 22.1 Å². The number of carbonyl (C=O) groups is 2. The summed E-state index contributed by atoms with van der Waals surface area (Å²) in [5, 5.41) is 0.526. The van der Waals surface area contributed by atoms with E-state index in [2.05, 4.69) is 0 Å². The van der Waals surface area contributed by atoms with Gasteiger partial charge in [0, 0.05) is 37.1 Å². The number of anilines is 1. The molecular formula is C17H23Cl2N3O3. The van der Waals surface area contributed by atoms with Crippen LogP contribution in [0.3, 0.4) is 0 Å². The maximum atomic E-state index is 12.7. The van der Waals surface area contributed by atoms with E-state index in [1.807, 2.05) is 4.90 Å². The van der Waals surface area contributed by atoms with Crippen LogP contribution in [0.1, 0.15) is 19.3 Å². The van der Waals surface area contributed by atoms with Crippen molar-refractivity contribution in [3.63, 3.8) is 0 Å². The lowest BCUT2D eigenvalue weighted by molar-refractivity contribution is -0.136. The van der Waals surface area contributed by atoms with Crippen molar-refractivity contribution in [2.75, 3.05) is 31.6 Å². The number of nitrogens with zero attached hydrogens (tertiary/aromatic N) is 2. The van der Waals surface area contributed by atoms with Crippen LogP contribution in [0, 0.1) is 5.92 Å². The van der Waals surface area contributed by atoms with E-state index in [1.54, 1.807) is 30.2 Å². The standard InChI is InChI=1S/C17H22ClN3O3.ClH/c1-24-15-3-2-12(18)9-14(15)21-10-11(8-16(21)22)17(23)20-6-4-13(19)5-7-20;/h2-3,9,11,13H,4-8,10,19H2,1H3;1H. The first-order valence-corrected chi connectivity index (χ1v) is 8.55. The molecule has 2 heterocycles. The highest BCUT2D eigenvalue weighted by Crippen LogP contribution is 2.35. The summed E-state index contributed by atoms with van der Waals surface area (Å²) in [6.07, 6.45) is 1.85. The van der Waals surface area contributed by atoms with Crippen molar-refractivity contribution in [1.82, 2.24) is 4.90 Å². The summed E-state index contributed by atoms with van der Waals surface area (Å²) in [5.74, 6) is 0.210. The van der Waals surface area contributed by atoms with Crippen LogP contribution < -0.4 is 15.4 Å². The highest BCUT2D eigenvalue weighted by molar-refractivity contribution is 6.31. The summed E-state index contributed by atoms with van der Waals surface area (Å²) in [5.41, 5.74) is 6.51. The smallest absolute Gasteiger partial charge is 0.228 e. The molecule has 1 aromatic carbocycles. The number of likely N-dealkylation sites (tertiary alicyclic amines) is 1. The molecule has 25 heavy (non-hydrogen) atoms. The summed E-state index contributed by atoms with van der Waals surface area (Å²) in [4.78, 5) is 28.6. The molecule has 2 saturated heterocycles. The number of piperidine rings is 1. The van der Waals surface area contributed by atoms with Gasteiger partial charge in [-0.1, -0.05) is 11.6 Å². The Morgan fingerprint density at radius 2 is 2.00 bits per heavy atom. The molecule has 6 nitrogen and oxygen atoms in total. The van der Waals surface area contributed by atoms with Crippen molar-refractivity contribution in [1.29, 1.82) is 0 Å². The van der Waals surface area contributed by atoms with Crippen molar-refractivity contribution < 1.29 is 14.3 Å². The van der Waals surface area contributed by atoms with Gasteiger partial charge in [-0.25, -0.2) is 0 Å². The first kappa shape index (κ1) is 19.8. The number of halogens is 2. The third-order valence-electron chi connectivity index (χ3n) is 4.76. The second-order valence-corrected chi connectivity index (χ2v) is 6.82. The Kier molecular flexibility index (Phi) is 6.54. The Labute approximate surface area is 158 Å². The topological polar surface area (TPSA) is 75.9 Å². The first-order valence-electron chi connectivity index (χ1n) is 8.18. The number of ether oxygens (including phenoxy) is 1. The minimum absolute atomic E-state index is 0. The quantitative estimate of drug-likeness (QED) is 0.860. The molecule has 2 amide bonds. The van der Waals surface area contributed by atoms with Crippen molar-refractivity contribution in [3.05, 3.63) is 23.2 Å². The van der Waals surface area contributed by atoms with Crippen molar-refractivity contribution in [3.8, 4) is 5.75 Å². The van der Waals surface area contributed by atoms with Gasteiger partial charge in [0.15, 0.2) is 0 Å². The number of carbonyl (C=O) groups excluding carboxylic acids is 2. The Balaban J connectivity index is 0.00000225. The van der Waals surface area contributed by atoms with Gasteiger partial charge in [-0.15, -0.1) is 12.4 Å². The highest BCUT2D eigenvalue weighted by atomic mass is 35.5. The molecule has 138 valence electrons. The maximum absolute atomic E-state index is 12.7. The number of amides is 2. The predicted octanol–water partition coefficient (Wildman–Crippen LogP) is 2.07. The molecule has 0 bridgehead atoms. The fraction of sp³-hybridized carbons (Fsp3) is 0.529. The Morgan fingerprint density at radius 1 is 1.32 bits per heavy atom. The zero-order chi connectivity index (χ0) is 17.3. The number of methoxy groups -OCH3 is 1. The van der Waals surface area contributed by atoms with Gasteiger partial charge in [0.05, 0.1) is 18.7 Å². The molecule has 0 spiro atoms. The molecule has 0 aromatic heterocycles. The van der Waals surface area contributed by atoms with Crippen LogP contribution in [0.25, 0.3) is 0 Å². The lowest BCUT2D eigenvalue weighted by Gasteiger charge is -2.32. The summed E-state index contributed by atoms with van der Waals surface area (Å²) < 4.78 is 5.32. The van der Waals surface area contributed by atoms with Crippen LogP contribution in [0.2, 0.25) is 5.02 Å². The first-order chi connectivity index (χ1) is 11.5. The van der Waals surface area contributed by atoms with Crippen LogP contribution >= 0.6 is 24.0 Å². The number of nitrogens with two attached hydrogens (primary N) is 1. The second-order valence-electron chi connectivity index (χ2n) is 6.38. The van der Waals surface area contributed by atoms with E-state index in [0.717, 1.165) is 12.8 Å². The molecule has 0 aliphatic carbocycles. The maximum Gasteiger partial charge on any atom is 0.228 e. The third kappa shape index (κ3) is 4.19. The van der Waals surface area contributed by atoms with Crippen LogP contribution in [0.4, 0.5) is 5.69 Å². The van der Waals surface area contributed by atoms with Crippen molar-refractivity contribution >= 4 is 41.5 Å². The normalized spacial score (nSPS) is 21.2. The van der Waals surface area contributed by atoms with E-state index < -0.39 is 0 Å². The van der Waals surface area contributed by atoms with Crippen molar-refractivity contribution in [2.24, 2.45) is 11.7 Å². The number of hydrogen-bond donors (Lipinski definition) is 1. The van der Waals surface area contributed by atoms with Gasteiger partial charge < -0.3 is 20.3 Å². The van der Waals surface area contributed by atoms with E-state index in [1.165, 1.54) is 0 Å². The lowest BCUT2D eigenvalue weighted by atomic mass is 10.0. The molecule has 2 N–H and O–H groups in total. The molecule has 0 saturated carbocycles. The van der Waals surface area contributed by atoms with Crippen LogP contribution in [-0.4, -0.2) is 49.5 Å². The summed E-state index contributed by atoms with van der Waals surface area (Å²) in [6.45, 7) is 1.70.